The van der Waals surface area contributed by atoms with E-state index in [4.69, 9.17) is 20.9 Å². The number of nitrogens with zero attached hydrogens (tertiary/aromatic N) is 4. The number of benzene rings is 1. The van der Waals surface area contributed by atoms with Gasteiger partial charge in [0.1, 0.15) is 12.6 Å². The molecule has 0 spiro atoms. The highest BCUT2D eigenvalue weighted by Crippen LogP contribution is 2.42. The second-order valence-electron chi connectivity index (χ2n) is 11.7. The summed E-state index contributed by atoms with van der Waals surface area (Å²) in [6.07, 6.45) is 7.20. The molecular weight excluding hydrogens is 558 g/mol. The first-order valence-electron chi connectivity index (χ1n) is 14.5. The van der Waals surface area contributed by atoms with Crippen LogP contribution in [0.25, 0.3) is 11.3 Å². The maximum atomic E-state index is 12.0. The minimum absolute atomic E-state index is 0.0355. The molecule has 0 bridgehead atoms. The Morgan fingerprint density at radius 2 is 1.90 bits per heavy atom. The van der Waals surface area contributed by atoms with Crippen LogP contribution in [0.3, 0.4) is 0 Å². The zero-order valence-electron chi connectivity index (χ0n) is 24.0. The number of likely N-dealkylation sites (tertiary alicyclic amines) is 2. The molecule has 0 radical (unpaired) electrons. The summed E-state index contributed by atoms with van der Waals surface area (Å²) >= 11 is 0. The molecule has 42 heavy (non-hydrogen) atoms. The Morgan fingerprint density at radius 3 is 2.55 bits per heavy atom. The van der Waals surface area contributed by atoms with E-state index in [-0.39, 0.29) is 23.5 Å². The number of carbonyl (C=O) groups is 1. The maximum absolute atomic E-state index is 12.0. The highest BCUT2D eigenvalue weighted by Gasteiger charge is 2.40. The van der Waals surface area contributed by atoms with Crippen LogP contribution in [-0.4, -0.2) is 95.2 Å². The standard InChI is InChI=1S/C29H41N7O5S/c1-19(20-6-10-34(11-7-20)29(30)31)41-18-35-17-24(21-8-12-36(13-9-21)42(2,39)40)15-26(35)27-32-16-25(33-27)22-4-3-5-23(14-22)28(37)38/h3-5,14,16,20-21,24,26H,1,6-13,15,17-18H2,2H3,(H3,30,31)(H,32,33)(H,37,38)/t24-,26-/m0/s1. The van der Waals surface area contributed by atoms with E-state index in [9.17, 15) is 18.3 Å². The molecule has 3 saturated heterocycles. The van der Waals surface area contributed by atoms with Gasteiger partial charge in [-0.25, -0.2) is 22.5 Å². The van der Waals surface area contributed by atoms with E-state index in [1.54, 1.807) is 28.7 Å². The monoisotopic (exact) mass is 599 g/mol. The van der Waals surface area contributed by atoms with Gasteiger partial charge in [-0.05, 0) is 56.1 Å². The molecular formula is C29H41N7O5S. The summed E-state index contributed by atoms with van der Waals surface area (Å²) in [5.74, 6) is 1.62. The molecule has 3 aliphatic rings. The van der Waals surface area contributed by atoms with Crippen molar-refractivity contribution in [3.8, 4) is 11.3 Å². The third-order valence-electron chi connectivity index (χ3n) is 9.11. The lowest BCUT2D eigenvalue weighted by molar-refractivity contribution is 0.0391. The van der Waals surface area contributed by atoms with Crippen LogP contribution in [-0.2, 0) is 14.8 Å². The Labute approximate surface area is 247 Å². The second kappa shape index (κ2) is 12.4. The van der Waals surface area contributed by atoms with E-state index in [1.165, 1.54) is 6.26 Å². The molecule has 228 valence electrons. The van der Waals surface area contributed by atoms with Crippen molar-refractivity contribution >= 4 is 22.0 Å². The Balaban J connectivity index is 1.29. The van der Waals surface area contributed by atoms with Crippen LogP contribution in [0.4, 0.5) is 0 Å². The van der Waals surface area contributed by atoms with E-state index >= 15 is 0 Å². The zero-order chi connectivity index (χ0) is 30.0. The van der Waals surface area contributed by atoms with Crippen LogP contribution in [0, 0.1) is 23.2 Å². The summed E-state index contributed by atoms with van der Waals surface area (Å²) in [7, 11) is -3.19. The summed E-state index contributed by atoms with van der Waals surface area (Å²) in [6, 6.07) is 6.75. The number of allylic oxidation sites excluding steroid dienone is 1. The van der Waals surface area contributed by atoms with Crippen molar-refractivity contribution in [2.45, 2.75) is 38.1 Å². The molecule has 0 amide bonds. The number of carboxylic acids is 1. The summed E-state index contributed by atoms with van der Waals surface area (Å²) in [4.78, 5) is 23.8. The van der Waals surface area contributed by atoms with Gasteiger partial charge in [0, 0.05) is 44.2 Å². The Morgan fingerprint density at radius 1 is 1.19 bits per heavy atom. The number of piperidine rings is 2. The number of nitrogens with two attached hydrogens (primary N) is 1. The number of aromatic amines is 1. The zero-order valence-corrected chi connectivity index (χ0v) is 24.9. The molecule has 5 N–H and O–H groups in total. The van der Waals surface area contributed by atoms with Crippen molar-refractivity contribution in [3.63, 3.8) is 0 Å². The average Bonchev–Trinajstić information content (AvgIpc) is 3.63. The molecule has 2 atom stereocenters. The number of aromatic nitrogens is 2. The summed E-state index contributed by atoms with van der Waals surface area (Å²) in [6.45, 7) is 7.89. The van der Waals surface area contributed by atoms with Gasteiger partial charge in [-0.15, -0.1) is 0 Å². The number of ether oxygens (including phenoxy) is 1. The highest BCUT2D eigenvalue weighted by molar-refractivity contribution is 7.88. The predicted octanol–water partition coefficient (Wildman–Crippen LogP) is 2.90. The number of hydrogen-bond donors (Lipinski definition) is 4. The van der Waals surface area contributed by atoms with Crippen molar-refractivity contribution < 1.29 is 23.1 Å². The second-order valence-corrected chi connectivity index (χ2v) is 13.7. The number of hydrogen-bond acceptors (Lipinski definition) is 7. The molecule has 1 aromatic carbocycles. The number of rotatable bonds is 9. The first kappa shape index (κ1) is 30.1. The summed E-state index contributed by atoms with van der Waals surface area (Å²) in [5.41, 5.74) is 7.36. The van der Waals surface area contributed by atoms with E-state index in [2.05, 4.69) is 16.5 Å². The maximum Gasteiger partial charge on any atom is 0.335 e. The lowest BCUT2D eigenvalue weighted by Gasteiger charge is -2.34. The molecule has 0 unspecified atom stereocenters. The number of guanidine groups is 1. The molecule has 12 nitrogen and oxygen atoms in total. The third-order valence-corrected chi connectivity index (χ3v) is 10.4. The molecule has 0 aliphatic carbocycles. The fourth-order valence-electron chi connectivity index (χ4n) is 6.58. The van der Waals surface area contributed by atoms with E-state index in [0.717, 1.165) is 61.5 Å². The van der Waals surface area contributed by atoms with Crippen molar-refractivity contribution in [1.82, 2.24) is 24.1 Å². The van der Waals surface area contributed by atoms with Crippen LogP contribution in [0.2, 0.25) is 0 Å². The first-order valence-corrected chi connectivity index (χ1v) is 16.3. The first-order chi connectivity index (χ1) is 20.0. The largest absolute Gasteiger partial charge is 0.483 e. The van der Waals surface area contributed by atoms with Crippen molar-refractivity contribution in [3.05, 3.63) is 54.2 Å². The molecule has 1 aromatic heterocycles. The number of carboxylic acid groups (broad SMARTS) is 1. The van der Waals surface area contributed by atoms with Gasteiger partial charge in [0.25, 0.3) is 0 Å². The van der Waals surface area contributed by atoms with Gasteiger partial charge in [-0.3, -0.25) is 10.3 Å². The van der Waals surface area contributed by atoms with Gasteiger partial charge in [0.2, 0.25) is 10.0 Å². The summed E-state index contributed by atoms with van der Waals surface area (Å²) in [5, 5.41) is 17.1. The SMILES string of the molecule is C=C(OCN1C[C@@H](C2CCN(S(C)(=O)=O)CC2)C[C@H]1c1ncc(-c2cccc(C(=O)O)c2)[nH]1)C1CCN(C(=N)N)CC1. The van der Waals surface area contributed by atoms with Crippen molar-refractivity contribution in [2.24, 2.45) is 23.5 Å². The number of H-pyrrole nitrogens is 1. The number of aromatic carboxylic acids is 1. The number of imidazole rings is 1. The molecule has 3 aliphatic heterocycles. The Hall–Kier alpha value is -3.42. The fourth-order valence-corrected chi connectivity index (χ4v) is 7.46. The average molecular weight is 600 g/mol. The molecule has 0 saturated carbocycles. The number of sulfonamides is 1. The lowest BCUT2D eigenvalue weighted by atomic mass is 9.83. The Bertz CT molecular complexity index is 1410. The van der Waals surface area contributed by atoms with Gasteiger partial charge >= 0.3 is 5.97 Å². The summed E-state index contributed by atoms with van der Waals surface area (Å²) < 4.78 is 31.9. The van der Waals surface area contributed by atoms with Crippen LogP contribution in [0.1, 0.15) is 54.3 Å². The van der Waals surface area contributed by atoms with E-state index in [0.29, 0.717) is 44.7 Å². The normalized spacial score (nSPS) is 23.2. The predicted molar refractivity (Wildman–Crippen MR) is 159 cm³/mol. The van der Waals surface area contributed by atoms with Gasteiger partial charge in [-0.2, -0.15) is 0 Å². The topological polar surface area (TPSA) is 169 Å². The molecule has 5 rings (SSSR count). The quantitative estimate of drug-likeness (QED) is 0.192. The van der Waals surface area contributed by atoms with Crippen molar-refractivity contribution in [1.29, 1.82) is 5.41 Å². The van der Waals surface area contributed by atoms with E-state index in [1.807, 2.05) is 11.0 Å². The van der Waals surface area contributed by atoms with Gasteiger partial charge < -0.3 is 25.5 Å². The van der Waals surface area contributed by atoms with Gasteiger partial charge in [0.15, 0.2) is 5.96 Å². The highest BCUT2D eigenvalue weighted by atomic mass is 32.2. The molecule has 2 aromatic rings. The smallest absolute Gasteiger partial charge is 0.335 e. The third kappa shape index (κ3) is 6.79. The minimum Gasteiger partial charge on any atom is -0.483 e. The van der Waals surface area contributed by atoms with E-state index < -0.39 is 16.0 Å². The fraction of sp³-hybridized carbons (Fsp3) is 0.552. The van der Waals surface area contributed by atoms with Crippen molar-refractivity contribution in [2.75, 3.05) is 45.7 Å². The Kier molecular flexibility index (Phi) is 8.90. The van der Waals surface area contributed by atoms with Crippen LogP contribution in [0.5, 0.6) is 0 Å². The molecule has 3 fully saturated rings. The lowest BCUT2D eigenvalue weighted by Crippen LogP contribution is -2.42. The molecule has 13 heteroatoms. The molecule has 4 heterocycles. The van der Waals surface area contributed by atoms with Crippen LogP contribution < -0.4 is 5.73 Å². The van der Waals surface area contributed by atoms with Crippen LogP contribution in [0.15, 0.2) is 42.8 Å². The minimum atomic E-state index is -3.19. The number of nitrogens with one attached hydrogen (secondary N) is 2. The van der Waals surface area contributed by atoms with Crippen LogP contribution >= 0.6 is 0 Å². The van der Waals surface area contributed by atoms with Gasteiger partial charge in [0.05, 0.1) is 35.5 Å². The van der Waals surface area contributed by atoms with Gasteiger partial charge in [-0.1, -0.05) is 18.7 Å².